The third kappa shape index (κ3) is 28.5. The van der Waals surface area contributed by atoms with Gasteiger partial charge < -0.3 is 86.5 Å². The highest BCUT2D eigenvalue weighted by Crippen LogP contribution is 2.10. The van der Waals surface area contributed by atoms with Gasteiger partial charge in [0.2, 0.25) is 47.3 Å². The molecule has 0 aliphatic heterocycles. The summed E-state index contributed by atoms with van der Waals surface area (Å²) in [7, 11) is 0. The molecule has 0 aromatic rings. The Bertz CT molecular complexity index is 1850. The molecule has 0 heterocycles. The summed E-state index contributed by atoms with van der Waals surface area (Å²) >= 11 is 0. The second kappa shape index (κ2) is 32.4. The second-order valence-electron chi connectivity index (χ2n) is 16.7. The van der Waals surface area contributed by atoms with Gasteiger partial charge in [-0.3, -0.25) is 62.7 Å². The number of carbonyl (C=O) groups is 11. The number of amides is 8. The van der Waals surface area contributed by atoms with Crippen LogP contribution in [0.15, 0.2) is 9.98 Å². The molecule has 0 aliphatic carbocycles. The molecule has 21 N–H and O–H groups in total. The van der Waals surface area contributed by atoms with Gasteiger partial charge in [0.1, 0.15) is 36.3 Å². The minimum atomic E-state index is -1.86. The first-order valence-corrected chi connectivity index (χ1v) is 22.0. The molecular weight excluding hydrogens is 915 g/mol. The van der Waals surface area contributed by atoms with Crippen molar-refractivity contribution in [3.8, 4) is 0 Å². The normalized spacial score (nSPS) is 13.9. The van der Waals surface area contributed by atoms with Crippen LogP contribution in [0.1, 0.15) is 92.4 Å². The third-order valence-electron chi connectivity index (χ3n) is 9.42. The van der Waals surface area contributed by atoms with Crippen molar-refractivity contribution in [3.05, 3.63) is 0 Å². The van der Waals surface area contributed by atoms with Gasteiger partial charge in [-0.2, -0.15) is 0 Å². The highest BCUT2D eigenvalue weighted by molar-refractivity contribution is 5.99. The number of aliphatic carboxylic acids is 3. The van der Waals surface area contributed by atoms with E-state index in [0.29, 0.717) is 6.42 Å². The van der Waals surface area contributed by atoms with E-state index < -0.39 is 133 Å². The van der Waals surface area contributed by atoms with Crippen LogP contribution in [0.5, 0.6) is 0 Å². The molecule has 0 fully saturated rings. The Morgan fingerprint density at radius 1 is 0.478 bits per heavy atom. The molecule has 0 saturated carbocycles. The number of rotatable bonds is 34. The largest absolute Gasteiger partial charge is 0.481 e. The average molecular weight is 986 g/mol. The number of aliphatic imine (C=N–C) groups is 2. The van der Waals surface area contributed by atoms with Gasteiger partial charge in [0.05, 0.1) is 31.8 Å². The van der Waals surface area contributed by atoms with E-state index in [-0.39, 0.29) is 75.5 Å². The lowest BCUT2D eigenvalue weighted by atomic mass is 10.0. The van der Waals surface area contributed by atoms with Crippen molar-refractivity contribution >= 4 is 77.1 Å². The fourth-order valence-corrected chi connectivity index (χ4v) is 6.05. The highest BCUT2D eigenvalue weighted by atomic mass is 16.4. The summed E-state index contributed by atoms with van der Waals surface area (Å²) in [6.07, 6.45) is -1.78. The number of carboxylic acids is 3. The predicted molar refractivity (Wildman–Crippen MR) is 247 cm³/mol. The van der Waals surface area contributed by atoms with Crippen LogP contribution in [0, 0.1) is 11.8 Å². The van der Waals surface area contributed by atoms with Crippen LogP contribution >= 0.6 is 0 Å². The van der Waals surface area contributed by atoms with Gasteiger partial charge in [-0.15, -0.1) is 0 Å². The summed E-state index contributed by atoms with van der Waals surface area (Å²) in [4.78, 5) is 148. The number of carbonyl (C=O) groups excluding carboxylic acids is 8. The van der Waals surface area contributed by atoms with Gasteiger partial charge in [-0.25, -0.2) is 0 Å². The van der Waals surface area contributed by atoms with Gasteiger partial charge in [0.25, 0.3) is 0 Å². The number of hydrogen-bond acceptors (Lipinski definition) is 14. The van der Waals surface area contributed by atoms with Gasteiger partial charge in [0, 0.05) is 19.6 Å². The van der Waals surface area contributed by atoms with Crippen molar-refractivity contribution in [3.63, 3.8) is 0 Å². The number of hydrogen-bond donors (Lipinski definition) is 16. The maximum absolute atomic E-state index is 13.6. The summed E-state index contributed by atoms with van der Waals surface area (Å²) in [6, 6.07) is -10.2. The Hall–Kier alpha value is -7.33. The SMILES string of the molecule is CC(C)C[C@H](NC(=O)[C@H](C)NC(=O)[C@@H](CC(=O)O)NC(=O)[C@H](CC(C)C)NC(=O)[C@H](CC(=O)O)NC(=O)CNC(=O)[C@@H](N)CCCN=C(N)N)C(=O)N[C@@H](CCCN=C(N)N)C(=O)NCCC(=O)O. The van der Waals surface area contributed by atoms with Crippen molar-refractivity contribution in [2.75, 3.05) is 26.2 Å². The zero-order chi connectivity index (χ0) is 53.0. The van der Waals surface area contributed by atoms with Crippen LogP contribution in [0.4, 0.5) is 0 Å². The van der Waals surface area contributed by atoms with E-state index in [4.69, 9.17) is 33.8 Å². The lowest BCUT2D eigenvalue weighted by Gasteiger charge is -2.27. The summed E-state index contributed by atoms with van der Waals surface area (Å²) in [5, 5.41) is 46.8. The zero-order valence-electron chi connectivity index (χ0n) is 39.5. The van der Waals surface area contributed by atoms with E-state index in [2.05, 4.69) is 52.5 Å². The summed E-state index contributed by atoms with van der Waals surface area (Å²) in [5.41, 5.74) is 27.0. The van der Waals surface area contributed by atoms with Crippen LogP contribution in [-0.2, 0) is 52.7 Å². The van der Waals surface area contributed by atoms with Crippen molar-refractivity contribution < 1.29 is 68.1 Å². The molecule has 0 saturated heterocycles. The molecule has 0 radical (unpaired) electrons. The molecule has 0 unspecified atom stereocenters. The number of carboxylic acid groups (broad SMARTS) is 3. The Labute approximate surface area is 398 Å². The Morgan fingerprint density at radius 2 is 0.899 bits per heavy atom. The van der Waals surface area contributed by atoms with Gasteiger partial charge in [-0.05, 0) is 57.3 Å². The lowest BCUT2D eigenvalue weighted by Crippen LogP contribution is -2.60. The number of guanidine groups is 2. The van der Waals surface area contributed by atoms with E-state index in [0.717, 1.165) is 0 Å². The molecule has 7 atom stereocenters. The smallest absolute Gasteiger partial charge is 0.305 e. The highest BCUT2D eigenvalue weighted by Gasteiger charge is 2.34. The number of nitrogens with zero attached hydrogens (tertiary/aromatic N) is 2. The van der Waals surface area contributed by atoms with Crippen LogP contribution in [0.25, 0.3) is 0 Å². The van der Waals surface area contributed by atoms with Crippen molar-refractivity contribution in [1.29, 1.82) is 0 Å². The lowest BCUT2D eigenvalue weighted by molar-refractivity contribution is -0.142. The quantitative estimate of drug-likeness (QED) is 0.0162. The standard InChI is InChI=1S/C40H71N15O14/c1-19(2)14-24(36(67)52-23(9-7-12-48-40(44)45)34(65)46-13-10-29(57)58)53-32(63)21(5)50-35(66)27(17-31(61)62)55-37(68)25(15-20(3)4)54-38(69)26(16-30(59)60)51-28(56)18-49-33(64)22(41)8-6-11-47-39(42)43/h19-27H,6-18,41H2,1-5H3,(H,46,65)(H,49,64)(H,50,66)(H,51,56)(H,52,67)(H,53,63)(H,54,69)(H,55,68)(H,57,58)(H,59,60)(H,61,62)(H4,42,43,47)(H4,44,45,48)/t21-,22-,23-,24-,25-,26-,27+/m0/s1. The molecule has 0 aromatic carbocycles. The minimum absolute atomic E-state index is 0.0106. The predicted octanol–water partition coefficient (Wildman–Crippen LogP) is -5.90. The molecule has 69 heavy (non-hydrogen) atoms. The number of nitrogens with two attached hydrogens (primary N) is 5. The minimum Gasteiger partial charge on any atom is -0.481 e. The molecule has 0 rings (SSSR count). The second-order valence-corrected chi connectivity index (χ2v) is 16.7. The van der Waals surface area contributed by atoms with E-state index >= 15 is 0 Å². The van der Waals surface area contributed by atoms with E-state index in [1.54, 1.807) is 27.7 Å². The third-order valence-corrected chi connectivity index (χ3v) is 9.42. The van der Waals surface area contributed by atoms with Gasteiger partial charge in [-0.1, -0.05) is 27.7 Å². The summed E-state index contributed by atoms with van der Waals surface area (Å²) < 4.78 is 0. The van der Waals surface area contributed by atoms with Gasteiger partial charge in [0.15, 0.2) is 11.9 Å². The molecule has 0 aromatic heterocycles. The monoisotopic (exact) mass is 986 g/mol. The number of nitrogens with one attached hydrogen (secondary N) is 8. The first kappa shape index (κ1) is 61.7. The molecular formula is C40H71N15O14. The van der Waals surface area contributed by atoms with Crippen LogP contribution in [-0.4, -0.2) is 161 Å². The van der Waals surface area contributed by atoms with E-state index in [1.165, 1.54) is 6.92 Å². The molecule has 8 amide bonds. The van der Waals surface area contributed by atoms with Crippen molar-refractivity contribution in [1.82, 2.24) is 42.5 Å². The molecule has 390 valence electrons. The maximum atomic E-state index is 13.6. The first-order valence-electron chi connectivity index (χ1n) is 22.0. The van der Waals surface area contributed by atoms with Crippen molar-refractivity contribution in [2.45, 2.75) is 135 Å². The van der Waals surface area contributed by atoms with E-state index in [1.807, 2.05) is 0 Å². The molecule has 0 spiro atoms. The summed E-state index contributed by atoms with van der Waals surface area (Å²) in [5.74, 6) is -12.8. The Kier molecular flexibility index (Phi) is 28.9. The van der Waals surface area contributed by atoms with Gasteiger partial charge >= 0.3 is 17.9 Å². The molecule has 0 aliphatic rings. The van der Waals surface area contributed by atoms with Crippen LogP contribution in [0.2, 0.25) is 0 Å². The fourth-order valence-electron chi connectivity index (χ4n) is 6.05. The first-order chi connectivity index (χ1) is 32.1. The fraction of sp³-hybridized carbons (Fsp3) is 0.675. The van der Waals surface area contributed by atoms with Crippen molar-refractivity contribution in [2.24, 2.45) is 50.5 Å². The topological polar surface area (TPSA) is 500 Å². The molecule has 0 bridgehead atoms. The van der Waals surface area contributed by atoms with E-state index in [9.17, 15) is 63.0 Å². The molecule has 29 nitrogen and oxygen atoms in total. The average Bonchev–Trinajstić information content (AvgIpc) is 3.22. The maximum Gasteiger partial charge on any atom is 0.305 e. The molecule has 29 heteroatoms. The van der Waals surface area contributed by atoms with Crippen LogP contribution < -0.4 is 71.2 Å². The Balaban J connectivity index is 6.07. The zero-order valence-corrected chi connectivity index (χ0v) is 39.5. The Morgan fingerprint density at radius 3 is 1.36 bits per heavy atom. The van der Waals surface area contributed by atoms with Crippen LogP contribution in [0.3, 0.4) is 0 Å². The summed E-state index contributed by atoms with van der Waals surface area (Å²) in [6.45, 7) is 7.31.